The van der Waals surface area contributed by atoms with Gasteiger partial charge in [0.2, 0.25) is 5.91 Å². The number of nitrogens with zero attached hydrogens (tertiary/aromatic N) is 3. The van der Waals surface area contributed by atoms with Gasteiger partial charge in [-0.2, -0.15) is 0 Å². The number of carbonyl (C=O) groups excluding carboxylic acids is 1. The number of hydrogen-bond acceptors (Lipinski definition) is 4. The molecule has 5 nitrogen and oxygen atoms in total. The lowest BCUT2D eigenvalue weighted by atomic mass is 10.0. The quantitative estimate of drug-likeness (QED) is 0.490. The third kappa shape index (κ3) is 5.51. The summed E-state index contributed by atoms with van der Waals surface area (Å²) in [4.78, 5) is 12.7. The molecular formula is C24H30N4OS. The first-order valence-electron chi connectivity index (χ1n) is 10.5. The van der Waals surface area contributed by atoms with Gasteiger partial charge in [-0.3, -0.25) is 4.79 Å². The number of carbonyl (C=O) groups is 1. The molecule has 1 aromatic heterocycles. The van der Waals surface area contributed by atoms with Crippen molar-refractivity contribution in [3.05, 3.63) is 65.7 Å². The summed E-state index contributed by atoms with van der Waals surface area (Å²) in [6.07, 6.45) is 0.972. The van der Waals surface area contributed by atoms with Crippen LogP contribution in [0, 0.1) is 6.92 Å². The number of aryl methyl sites for hydroxylation is 1. The van der Waals surface area contributed by atoms with E-state index in [0.717, 1.165) is 29.5 Å². The molecule has 30 heavy (non-hydrogen) atoms. The Balaban J connectivity index is 1.67. The van der Waals surface area contributed by atoms with Crippen molar-refractivity contribution >= 4 is 17.7 Å². The van der Waals surface area contributed by atoms with Gasteiger partial charge in [0.25, 0.3) is 0 Å². The summed E-state index contributed by atoms with van der Waals surface area (Å²) in [5.74, 6) is 1.14. The maximum atomic E-state index is 12.7. The molecule has 0 bridgehead atoms. The molecule has 0 saturated carbocycles. The Morgan fingerprint density at radius 2 is 1.87 bits per heavy atom. The highest BCUT2D eigenvalue weighted by Crippen LogP contribution is 2.27. The monoisotopic (exact) mass is 422 g/mol. The van der Waals surface area contributed by atoms with Crippen molar-refractivity contribution in [2.45, 2.75) is 57.0 Å². The van der Waals surface area contributed by atoms with Crippen LogP contribution in [0.25, 0.3) is 11.4 Å². The Kier molecular flexibility index (Phi) is 7.69. The van der Waals surface area contributed by atoms with Crippen molar-refractivity contribution in [2.75, 3.05) is 6.54 Å². The van der Waals surface area contributed by atoms with Gasteiger partial charge < -0.3 is 9.88 Å². The van der Waals surface area contributed by atoms with E-state index < -0.39 is 0 Å². The van der Waals surface area contributed by atoms with E-state index >= 15 is 0 Å². The zero-order valence-corrected chi connectivity index (χ0v) is 18.9. The molecule has 2 aromatic carbocycles. The first-order valence-corrected chi connectivity index (χ1v) is 11.4. The minimum atomic E-state index is -0.252. The Morgan fingerprint density at radius 3 is 2.57 bits per heavy atom. The Morgan fingerprint density at radius 1 is 1.10 bits per heavy atom. The largest absolute Gasteiger partial charge is 0.355 e. The Labute approximate surface area is 183 Å². The Bertz CT molecular complexity index is 970. The smallest absolute Gasteiger partial charge is 0.233 e. The molecule has 6 heteroatoms. The van der Waals surface area contributed by atoms with Crippen LogP contribution in [0.2, 0.25) is 0 Å². The van der Waals surface area contributed by atoms with Crippen LogP contribution in [-0.4, -0.2) is 32.5 Å². The number of rotatable bonds is 9. The molecule has 2 unspecified atom stereocenters. The number of aromatic nitrogens is 3. The minimum Gasteiger partial charge on any atom is -0.355 e. The molecule has 2 atom stereocenters. The third-order valence-corrected chi connectivity index (χ3v) is 6.12. The zero-order valence-electron chi connectivity index (χ0n) is 18.1. The van der Waals surface area contributed by atoms with Crippen LogP contribution < -0.4 is 5.32 Å². The summed E-state index contributed by atoms with van der Waals surface area (Å²) in [6, 6.07) is 18.5. The molecule has 3 aromatic rings. The topological polar surface area (TPSA) is 59.8 Å². The lowest BCUT2D eigenvalue weighted by Crippen LogP contribution is -2.33. The number of benzene rings is 2. The van der Waals surface area contributed by atoms with Crippen molar-refractivity contribution in [3.8, 4) is 11.4 Å². The van der Waals surface area contributed by atoms with Crippen LogP contribution in [0.15, 0.2) is 59.8 Å². The maximum Gasteiger partial charge on any atom is 0.233 e. The number of thioether (sulfide) groups is 1. The zero-order chi connectivity index (χ0) is 21.5. The van der Waals surface area contributed by atoms with Gasteiger partial charge in [0.15, 0.2) is 11.0 Å². The van der Waals surface area contributed by atoms with E-state index in [1.54, 1.807) is 0 Å². The van der Waals surface area contributed by atoms with Crippen LogP contribution in [0.4, 0.5) is 0 Å². The molecule has 0 radical (unpaired) electrons. The fraction of sp³-hybridized carbons (Fsp3) is 0.375. The molecule has 0 aliphatic carbocycles. The summed E-state index contributed by atoms with van der Waals surface area (Å²) in [7, 11) is 0. The third-order valence-electron chi connectivity index (χ3n) is 5.04. The van der Waals surface area contributed by atoms with Gasteiger partial charge >= 0.3 is 0 Å². The van der Waals surface area contributed by atoms with Gasteiger partial charge in [0, 0.05) is 18.7 Å². The second kappa shape index (κ2) is 10.4. The lowest BCUT2D eigenvalue weighted by molar-refractivity contribution is -0.120. The van der Waals surface area contributed by atoms with Crippen LogP contribution in [0.5, 0.6) is 0 Å². The van der Waals surface area contributed by atoms with Crippen molar-refractivity contribution in [2.24, 2.45) is 0 Å². The molecule has 158 valence electrons. The van der Waals surface area contributed by atoms with Crippen LogP contribution in [-0.2, 0) is 11.3 Å². The fourth-order valence-electron chi connectivity index (χ4n) is 3.31. The van der Waals surface area contributed by atoms with Gasteiger partial charge in [0.1, 0.15) is 0 Å². The van der Waals surface area contributed by atoms with E-state index in [9.17, 15) is 4.79 Å². The van der Waals surface area contributed by atoms with E-state index in [0.29, 0.717) is 6.54 Å². The molecule has 0 aliphatic heterocycles. The second-order valence-electron chi connectivity index (χ2n) is 7.64. The molecule has 3 rings (SSSR count). The van der Waals surface area contributed by atoms with Gasteiger partial charge in [-0.05, 0) is 37.8 Å². The average Bonchev–Trinajstić information content (AvgIpc) is 3.14. The summed E-state index contributed by atoms with van der Waals surface area (Å²) in [5, 5.41) is 12.4. The first-order chi connectivity index (χ1) is 14.5. The van der Waals surface area contributed by atoms with Crippen molar-refractivity contribution < 1.29 is 4.79 Å². The molecular weight excluding hydrogens is 392 g/mol. The standard InChI is InChI=1S/C24H30N4OS/c1-5-14-28-22(21-13-9-10-17(2)15-21)26-27-24(28)30-19(4)23(29)25-16-18(3)20-11-7-6-8-12-20/h6-13,15,18-19H,5,14,16H2,1-4H3,(H,25,29). The van der Waals surface area contributed by atoms with Crippen LogP contribution in [0.3, 0.4) is 0 Å². The van der Waals surface area contributed by atoms with E-state index in [2.05, 4.69) is 71.2 Å². The van der Waals surface area contributed by atoms with Crippen LogP contribution >= 0.6 is 11.8 Å². The number of amides is 1. The van der Waals surface area contributed by atoms with Gasteiger partial charge in [-0.1, -0.05) is 79.7 Å². The number of nitrogens with one attached hydrogen (secondary N) is 1. The predicted octanol–water partition coefficient (Wildman–Crippen LogP) is 5.06. The van der Waals surface area contributed by atoms with Gasteiger partial charge in [0.05, 0.1) is 5.25 Å². The van der Waals surface area contributed by atoms with E-state index in [-0.39, 0.29) is 17.1 Å². The average molecular weight is 423 g/mol. The van der Waals surface area contributed by atoms with Crippen molar-refractivity contribution in [1.82, 2.24) is 20.1 Å². The molecule has 0 aliphatic rings. The SMILES string of the molecule is CCCn1c(SC(C)C(=O)NCC(C)c2ccccc2)nnc1-c1cccc(C)c1. The molecule has 1 amide bonds. The summed E-state index contributed by atoms with van der Waals surface area (Å²) in [6.45, 7) is 9.68. The fourth-order valence-corrected chi connectivity index (χ4v) is 4.21. The highest BCUT2D eigenvalue weighted by molar-refractivity contribution is 8.00. The van der Waals surface area contributed by atoms with E-state index in [4.69, 9.17) is 0 Å². The predicted molar refractivity (Wildman–Crippen MR) is 124 cm³/mol. The van der Waals surface area contributed by atoms with E-state index in [1.165, 1.54) is 22.9 Å². The second-order valence-corrected chi connectivity index (χ2v) is 8.95. The highest BCUT2D eigenvalue weighted by Gasteiger charge is 2.21. The Hall–Kier alpha value is -2.60. The minimum absolute atomic E-state index is 0.0194. The van der Waals surface area contributed by atoms with Crippen LogP contribution in [0.1, 0.15) is 44.2 Å². The molecule has 0 fully saturated rings. The summed E-state index contributed by atoms with van der Waals surface area (Å²) >= 11 is 1.46. The lowest BCUT2D eigenvalue weighted by Gasteiger charge is -2.16. The maximum absolute atomic E-state index is 12.7. The van der Waals surface area contributed by atoms with Crippen molar-refractivity contribution in [3.63, 3.8) is 0 Å². The normalized spacial score (nSPS) is 13.1. The molecule has 1 N–H and O–H groups in total. The van der Waals surface area contributed by atoms with Gasteiger partial charge in [-0.25, -0.2) is 0 Å². The number of hydrogen-bond donors (Lipinski definition) is 1. The molecule has 0 spiro atoms. The molecule has 0 saturated heterocycles. The molecule has 1 heterocycles. The summed E-state index contributed by atoms with van der Waals surface area (Å²) in [5.41, 5.74) is 3.47. The van der Waals surface area contributed by atoms with Crippen molar-refractivity contribution in [1.29, 1.82) is 0 Å². The summed E-state index contributed by atoms with van der Waals surface area (Å²) < 4.78 is 2.12. The highest BCUT2D eigenvalue weighted by atomic mass is 32.2. The van der Waals surface area contributed by atoms with Gasteiger partial charge in [-0.15, -0.1) is 10.2 Å². The van der Waals surface area contributed by atoms with E-state index in [1.807, 2.05) is 31.2 Å². The first kappa shape index (κ1) is 22.1.